The molecule has 0 aliphatic heterocycles. The Balaban J connectivity index is 1.99. The second-order valence-corrected chi connectivity index (χ2v) is 6.33. The molecule has 1 heterocycles. The van der Waals surface area contributed by atoms with E-state index in [-0.39, 0.29) is 6.04 Å². The van der Waals surface area contributed by atoms with Crippen LogP contribution in [0.5, 0.6) is 5.75 Å². The number of rotatable bonds is 5. The number of anilines is 1. The highest BCUT2D eigenvalue weighted by atomic mass is 35.5. The van der Waals surface area contributed by atoms with Crippen molar-refractivity contribution in [2.75, 3.05) is 12.4 Å². The molecular formula is C15H16ClN3O4S. The number of hydroxylamine groups is 1. The molecule has 1 atom stereocenters. The lowest BCUT2D eigenvalue weighted by atomic mass is 10.2. The third-order valence-electron chi connectivity index (χ3n) is 3.15. The number of halogens is 1. The molecule has 1 unspecified atom stereocenters. The lowest BCUT2D eigenvalue weighted by Gasteiger charge is -2.14. The molecule has 2 aromatic rings. The zero-order valence-corrected chi connectivity index (χ0v) is 14.5. The third-order valence-corrected chi connectivity index (χ3v) is 4.73. The van der Waals surface area contributed by atoms with Gasteiger partial charge in [-0.1, -0.05) is 11.6 Å². The smallest absolute Gasteiger partial charge is 0.319 e. The van der Waals surface area contributed by atoms with Gasteiger partial charge in [0.15, 0.2) is 0 Å². The van der Waals surface area contributed by atoms with Gasteiger partial charge in [0.05, 0.1) is 28.7 Å². The standard InChI is InChI=1S/C15H16ClN3O4S/c1-8(12-5-6-13(24-12)14(20)19-22)17-15(21)18-11-4-3-9(23-2)7-10(11)16/h3-8,22H,1-2H3,(H,19,20)(H2,17,18,21). The molecule has 2 rings (SSSR count). The van der Waals surface area contributed by atoms with Gasteiger partial charge in [-0.3, -0.25) is 10.0 Å². The van der Waals surface area contributed by atoms with E-state index in [1.807, 2.05) is 0 Å². The van der Waals surface area contributed by atoms with E-state index in [0.717, 1.165) is 4.88 Å². The highest BCUT2D eigenvalue weighted by Crippen LogP contribution is 2.27. The highest BCUT2D eigenvalue weighted by molar-refractivity contribution is 7.14. The van der Waals surface area contributed by atoms with E-state index in [4.69, 9.17) is 21.5 Å². The summed E-state index contributed by atoms with van der Waals surface area (Å²) in [5.74, 6) is 0.000479. The molecule has 0 fully saturated rings. The number of ether oxygens (including phenoxy) is 1. The van der Waals surface area contributed by atoms with E-state index in [2.05, 4.69) is 10.6 Å². The van der Waals surface area contributed by atoms with Crippen molar-refractivity contribution in [1.29, 1.82) is 0 Å². The summed E-state index contributed by atoms with van der Waals surface area (Å²) >= 11 is 7.24. The molecule has 0 aliphatic carbocycles. The number of nitrogens with one attached hydrogen (secondary N) is 3. The normalized spacial score (nSPS) is 11.5. The van der Waals surface area contributed by atoms with Crippen molar-refractivity contribution in [3.05, 3.63) is 45.1 Å². The highest BCUT2D eigenvalue weighted by Gasteiger charge is 2.15. The van der Waals surface area contributed by atoms with E-state index in [9.17, 15) is 9.59 Å². The average Bonchev–Trinajstić information content (AvgIpc) is 3.06. The molecule has 0 saturated heterocycles. The van der Waals surface area contributed by atoms with Crippen LogP contribution in [-0.4, -0.2) is 24.3 Å². The third kappa shape index (κ3) is 4.38. The topological polar surface area (TPSA) is 99.7 Å². The maximum Gasteiger partial charge on any atom is 0.319 e. The first-order chi connectivity index (χ1) is 11.4. The van der Waals surface area contributed by atoms with Gasteiger partial charge in [-0.25, -0.2) is 10.3 Å². The van der Waals surface area contributed by atoms with Crippen LogP contribution < -0.4 is 20.9 Å². The Bertz CT molecular complexity index is 750. The Hall–Kier alpha value is -2.29. The molecule has 7 nitrogen and oxygen atoms in total. The number of hydrogen-bond donors (Lipinski definition) is 4. The monoisotopic (exact) mass is 369 g/mol. The fourth-order valence-electron chi connectivity index (χ4n) is 1.91. The first-order valence-electron chi connectivity index (χ1n) is 6.89. The van der Waals surface area contributed by atoms with Crippen LogP contribution in [0.1, 0.15) is 27.5 Å². The molecule has 0 bridgehead atoms. The molecule has 1 aromatic carbocycles. The molecule has 1 aromatic heterocycles. The summed E-state index contributed by atoms with van der Waals surface area (Å²) in [6.07, 6.45) is 0. The molecule has 24 heavy (non-hydrogen) atoms. The molecule has 3 amide bonds. The minimum absolute atomic E-state index is 0.327. The predicted octanol–water partition coefficient (Wildman–Crippen LogP) is 3.41. The van der Waals surface area contributed by atoms with Crippen LogP contribution in [0.25, 0.3) is 0 Å². The first kappa shape index (κ1) is 18.1. The van der Waals surface area contributed by atoms with E-state index in [1.54, 1.807) is 42.7 Å². The van der Waals surface area contributed by atoms with E-state index >= 15 is 0 Å². The lowest BCUT2D eigenvalue weighted by Crippen LogP contribution is -2.30. The first-order valence-corrected chi connectivity index (χ1v) is 8.09. The zero-order valence-electron chi connectivity index (χ0n) is 12.9. The molecular weight excluding hydrogens is 354 g/mol. The number of thiophene rings is 1. The molecule has 0 spiro atoms. The van der Waals surface area contributed by atoms with Crippen LogP contribution in [0.15, 0.2) is 30.3 Å². The fourth-order valence-corrected chi connectivity index (χ4v) is 3.03. The van der Waals surface area contributed by atoms with Crippen molar-refractivity contribution < 1.29 is 19.5 Å². The number of carbonyl (C=O) groups excluding carboxylic acids is 2. The minimum atomic E-state index is -0.590. The van der Waals surface area contributed by atoms with Gasteiger partial charge in [0.25, 0.3) is 5.91 Å². The maximum absolute atomic E-state index is 12.1. The summed E-state index contributed by atoms with van der Waals surface area (Å²) in [5.41, 5.74) is 2.02. The van der Waals surface area contributed by atoms with E-state index < -0.39 is 11.9 Å². The second kappa shape index (κ2) is 8.00. The Morgan fingerprint density at radius 2 is 2.04 bits per heavy atom. The number of benzene rings is 1. The van der Waals surface area contributed by atoms with Crippen molar-refractivity contribution in [1.82, 2.24) is 10.8 Å². The van der Waals surface area contributed by atoms with Crippen molar-refractivity contribution in [2.45, 2.75) is 13.0 Å². The lowest BCUT2D eigenvalue weighted by molar-refractivity contribution is 0.0711. The average molecular weight is 370 g/mol. The second-order valence-electron chi connectivity index (χ2n) is 4.81. The number of urea groups is 1. The van der Waals surface area contributed by atoms with Gasteiger partial charge in [-0.15, -0.1) is 11.3 Å². The van der Waals surface area contributed by atoms with E-state index in [0.29, 0.717) is 21.3 Å². The van der Waals surface area contributed by atoms with Crippen molar-refractivity contribution in [3.8, 4) is 5.75 Å². The Kier molecular flexibility index (Phi) is 6.02. The maximum atomic E-state index is 12.1. The zero-order chi connectivity index (χ0) is 17.7. The van der Waals surface area contributed by atoms with Crippen LogP contribution >= 0.6 is 22.9 Å². The fraction of sp³-hybridized carbons (Fsp3) is 0.200. The number of carbonyl (C=O) groups is 2. The van der Waals surface area contributed by atoms with Gasteiger partial charge in [0.2, 0.25) is 0 Å². The largest absolute Gasteiger partial charge is 0.497 e. The summed E-state index contributed by atoms with van der Waals surface area (Å²) < 4.78 is 5.05. The van der Waals surface area contributed by atoms with Gasteiger partial charge >= 0.3 is 6.03 Å². The SMILES string of the molecule is COc1ccc(NC(=O)NC(C)c2ccc(C(=O)NO)s2)c(Cl)c1. The minimum Gasteiger partial charge on any atom is -0.497 e. The number of methoxy groups -OCH3 is 1. The summed E-state index contributed by atoms with van der Waals surface area (Å²) in [5, 5.41) is 14.4. The van der Waals surface area contributed by atoms with Gasteiger partial charge in [0.1, 0.15) is 5.75 Å². The van der Waals surface area contributed by atoms with Crippen molar-refractivity contribution in [2.24, 2.45) is 0 Å². The van der Waals surface area contributed by atoms with Gasteiger partial charge < -0.3 is 15.4 Å². The van der Waals surface area contributed by atoms with E-state index in [1.165, 1.54) is 18.4 Å². The number of hydrogen-bond acceptors (Lipinski definition) is 5. The molecule has 0 aliphatic rings. The van der Waals surface area contributed by atoms with Crippen LogP contribution in [0.4, 0.5) is 10.5 Å². The van der Waals surface area contributed by atoms with Gasteiger partial charge in [0, 0.05) is 10.9 Å². The van der Waals surface area contributed by atoms with Crippen LogP contribution in [0.2, 0.25) is 5.02 Å². The predicted molar refractivity (Wildman–Crippen MR) is 92.1 cm³/mol. The summed E-state index contributed by atoms with van der Waals surface area (Å²) in [4.78, 5) is 24.5. The van der Waals surface area contributed by atoms with Crippen LogP contribution in [0.3, 0.4) is 0 Å². The Morgan fingerprint density at radius 3 is 2.67 bits per heavy atom. The van der Waals surface area contributed by atoms with Crippen LogP contribution in [0, 0.1) is 0 Å². The number of amides is 3. The van der Waals surface area contributed by atoms with Crippen molar-refractivity contribution >= 4 is 40.6 Å². The van der Waals surface area contributed by atoms with Crippen molar-refractivity contribution in [3.63, 3.8) is 0 Å². The molecule has 0 saturated carbocycles. The molecule has 4 N–H and O–H groups in total. The Morgan fingerprint density at radius 1 is 1.29 bits per heavy atom. The van der Waals surface area contributed by atoms with Crippen LogP contribution in [-0.2, 0) is 0 Å². The molecule has 9 heteroatoms. The summed E-state index contributed by atoms with van der Waals surface area (Å²) in [7, 11) is 1.53. The van der Waals surface area contributed by atoms with Gasteiger partial charge in [-0.2, -0.15) is 0 Å². The van der Waals surface area contributed by atoms with Gasteiger partial charge in [-0.05, 0) is 31.2 Å². The Labute approximate surface area is 147 Å². The molecule has 128 valence electrons. The summed E-state index contributed by atoms with van der Waals surface area (Å²) in [6, 6.07) is 7.44. The molecule has 0 radical (unpaired) electrons. The quantitative estimate of drug-likeness (QED) is 0.479. The summed E-state index contributed by atoms with van der Waals surface area (Å²) in [6.45, 7) is 1.78.